The second-order valence-corrected chi connectivity index (χ2v) is 7.76. The molecule has 0 heterocycles. The summed E-state index contributed by atoms with van der Waals surface area (Å²) in [5.41, 5.74) is 0. The van der Waals surface area contributed by atoms with Gasteiger partial charge in [-0.1, -0.05) is 15.9 Å². The van der Waals surface area contributed by atoms with Crippen molar-refractivity contribution in [1.29, 1.82) is 0 Å². The van der Waals surface area contributed by atoms with Crippen LogP contribution in [0.4, 0.5) is 0 Å². The zero-order valence-corrected chi connectivity index (χ0v) is 15.9. The minimum absolute atomic E-state index is 0.0249. The number of halogens is 1. The summed E-state index contributed by atoms with van der Waals surface area (Å²) in [5, 5.41) is 2.62. The molecule has 0 bridgehead atoms. The largest absolute Gasteiger partial charge is 0.466 e. The van der Waals surface area contributed by atoms with Crippen molar-refractivity contribution in [3.8, 4) is 0 Å². The number of rotatable bonds is 9. The SMILES string of the molecule is CCOC(=O)C[C@@H](C)NC(=O)CCNS(=O)(=O)c1ccc(Br)cc1. The molecule has 1 amide bonds. The van der Waals surface area contributed by atoms with Crippen LogP contribution in [0.2, 0.25) is 0 Å². The summed E-state index contributed by atoms with van der Waals surface area (Å²) in [5.74, 6) is -0.730. The van der Waals surface area contributed by atoms with Crippen molar-refractivity contribution in [3.05, 3.63) is 28.7 Å². The fourth-order valence-corrected chi connectivity index (χ4v) is 3.16. The molecule has 24 heavy (non-hydrogen) atoms. The van der Waals surface area contributed by atoms with Gasteiger partial charge in [-0.05, 0) is 38.1 Å². The Morgan fingerprint density at radius 2 is 1.88 bits per heavy atom. The first-order valence-corrected chi connectivity index (χ1v) is 9.72. The molecular weight excluding hydrogens is 400 g/mol. The Balaban J connectivity index is 2.39. The van der Waals surface area contributed by atoms with Crippen molar-refractivity contribution in [2.45, 2.75) is 37.6 Å². The lowest BCUT2D eigenvalue weighted by atomic mass is 10.2. The van der Waals surface area contributed by atoms with Gasteiger partial charge < -0.3 is 10.1 Å². The summed E-state index contributed by atoms with van der Waals surface area (Å²) in [7, 11) is -3.65. The van der Waals surface area contributed by atoms with E-state index in [0.29, 0.717) is 0 Å². The Bertz CT molecular complexity index is 661. The zero-order valence-electron chi connectivity index (χ0n) is 13.5. The second-order valence-electron chi connectivity index (χ2n) is 5.08. The van der Waals surface area contributed by atoms with E-state index in [1.807, 2.05) is 0 Å². The third-order valence-electron chi connectivity index (χ3n) is 2.95. The molecule has 1 rings (SSSR count). The van der Waals surface area contributed by atoms with E-state index in [4.69, 9.17) is 4.74 Å². The number of ether oxygens (including phenoxy) is 1. The summed E-state index contributed by atoms with van der Waals surface area (Å²) >= 11 is 3.23. The molecule has 0 fully saturated rings. The van der Waals surface area contributed by atoms with Crippen molar-refractivity contribution in [2.75, 3.05) is 13.2 Å². The zero-order chi connectivity index (χ0) is 18.2. The third kappa shape index (κ3) is 7.41. The molecule has 0 aliphatic rings. The highest BCUT2D eigenvalue weighted by Gasteiger charge is 2.15. The summed E-state index contributed by atoms with van der Waals surface area (Å²) < 4.78 is 32.0. The number of nitrogens with one attached hydrogen (secondary N) is 2. The van der Waals surface area contributed by atoms with Crippen LogP contribution in [0.3, 0.4) is 0 Å². The molecule has 0 aromatic heterocycles. The molecule has 9 heteroatoms. The maximum Gasteiger partial charge on any atom is 0.307 e. The summed E-state index contributed by atoms with van der Waals surface area (Å²) in [4.78, 5) is 23.2. The summed E-state index contributed by atoms with van der Waals surface area (Å²) in [6, 6.07) is 5.80. The summed E-state index contributed by atoms with van der Waals surface area (Å²) in [6.07, 6.45) is 0.0487. The number of hydrogen-bond donors (Lipinski definition) is 2. The van der Waals surface area contributed by atoms with E-state index in [1.165, 1.54) is 12.1 Å². The molecule has 0 unspecified atom stereocenters. The normalized spacial score (nSPS) is 12.5. The highest BCUT2D eigenvalue weighted by atomic mass is 79.9. The van der Waals surface area contributed by atoms with Gasteiger partial charge in [-0.3, -0.25) is 9.59 Å². The van der Waals surface area contributed by atoms with E-state index in [1.54, 1.807) is 26.0 Å². The predicted molar refractivity (Wildman–Crippen MR) is 92.8 cm³/mol. The van der Waals surface area contributed by atoms with Crippen molar-refractivity contribution >= 4 is 37.8 Å². The van der Waals surface area contributed by atoms with Crippen LogP contribution in [0.25, 0.3) is 0 Å². The van der Waals surface area contributed by atoms with Gasteiger partial charge >= 0.3 is 5.97 Å². The predicted octanol–water partition coefficient (Wildman–Crippen LogP) is 1.58. The van der Waals surface area contributed by atoms with Crippen molar-refractivity contribution in [1.82, 2.24) is 10.0 Å². The lowest BCUT2D eigenvalue weighted by Crippen LogP contribution is -2.37. The van der Waals surface area contributed by atoms with E-state index in [0.717, 1.165) is 4.47 Å². The fourth-order valence-electron chi connectivity index (χ4n) is 1.86. The molecule has 1 aromatic rings. The van der Waals surface area contributed by atoms with Crippen LogP contribution in [0.1, 0.15) is 26.7 Å². The molecule has 1 atom stereocenters. The average Bonchev–Trinajstić information content (AvgIpc) is 2.47. The first kappa shape index (κ1) is 20.6. The van der Waals surface area contributed by atoms with Gasteiger partial charge in [0.25, 0.3) is 0 Å². The van der Waals surface area contributed by atoms with Crippen LogP contribution in [0.5, 0.6) is 0 Å². The molecule has 0 spiro atoms. The Morgan fingerprint density at radius 3 is 2.46 bits per heavy atom. The molecule has 134 valence electrons. The maximum atomic E-state index is 12.0. The van der Waals surface area contributed by atoms with Gasteiger partial charge in [0.05, 0.1) is 17.9 Å². The standard InChI is InChI=1S/C15H21BrN2O5S/c1-3-23-15(20)10-11(2)18-14(19)8-9-17-24(21,22)13-6-4-12(16)5-7-13/h4-7,11,17H,3,8-10H2,1-2H3,(H,18,19)/t11-/m1/s1. The summed E-state index contributed by atoms with van der Waals surface area (Å²) in [6.45, 7) is 3.65. The first-order valence-electron chi connectivity index (χ1n) is 7.45. The highest BCUT2D eigenvalue weighted by Crippen LogP contribution is 2.14. The van der Waals surface area contributed by atoms with Crippen LogP contribution in [-0.4, -0.2) is 39.5 Å². The molecule has 1 aromatic carbocycles. The van der Waals surface area contributed by atoms with Gasteiger partial charge in [0.2, 0.25) is 15.9 Å². The molecule has 0 saturated heterocycles. The van der Waals surface area contributed by atoms with E-state index in [-0.39, 0.29) is 48.8 Å². The van der Waals surface area contributed by atoms with E-state index >= 15 is 0 Å². The van der Waals surface area contributed by atoms with Gasteiger partial charge in [0.15, 0.2) is 0 Å². The molecule has 0 aliphatic carbocycles. The number of hydrogen-bond acceptors (Lipinski definition) is 5. The van der Waals surface area contributed by atoms with Crippen molar-refractivity contribution in [2.24, 2.45) is 0 Å². The quantitative estimate of drug-likeness (QED) is 0.590. The maximum absolute atomic E-state index is 12.0. The van der Waals surface area contributed by atoms with Crippen LogP contribution in [0.15, 0.2) is 33.6 Å². The van der Waals surface area contributed by atoms with Crippen LogP contribution >= 0.6 is 15.9 Å². The smallest absolute Gasteiger partial charge is 0.307 e. The molecule has 2 N–H and O–H groups in total. The number of benzene rings is 1. The third-order valence-corrected chi connectivity index (χ3v) is 4.96. The molecule has 0 saturated carbocycles. The number of amides is 1. The Hall–Kier alpha value is -1.45. The van der Waals surface area contributed by atoms with Crippen LogP contribution in [-0.2, 0) is 24.3 Å². The Morgan fingerprint density at radius 1 is 1.25 bits per heavy atom. The van der Waals surface area contributed by atoms with Gasteiger partial charge in [0.1, 0.15) is 0 Å². The van der Waals surface area contributed by atoms with E-state index in [9.17, 15) is 18.0 Å². The molecule has 0 aliphatic heterocycles. The van der Waals surface area contributed by atoms with Crippen molar-refractivity contribution < 1.29 is 22.7 Å². The molecule has 0 radical (unpaired) electrons. The van der Waals surface area contributed by atoms with Gasteiger partial charge in [-0.15, -0.1) is 0 Å². The number of esters is 1. The van der Waals surface area contributed by atoms with E-state index in [2.05, 4.69) is 26.0 Å². The van der Waals surface area contributed by atoms with Gasteiger partial charge in [0, 0.05) is 23.5 Å². The topological polar surface area (TPSA) is 102 Å². The minimum Gasteiger partial charge on any atom is -0.466 e. The lowest BCUT2D eigenvalue weighted by Gasteiger charge is -2.13. The van der Waals surface area contributed by atoms with Crippen molar-refractivity contribution in [3.63, 3.8) is 0 Å². The Labute approximate surface area is 150 Å². The lowest BCUT2D eigenvalue weighted by molar-refractivity contribution is -0.143. The van der Waals surface area contributed by atoms with Crippen LogP contribution < -0.4 is 10.0 Å². The minimum atomic E-state index is -3.65. The number of sulfonamides is 1. The first-order chi connectivity index (χ1) is 11.2. The fraction of sp³-hybridized carbons (Fsp3) is 0.467. The van der Waals surface area contributed by atoms with Crippen LogP contribution in [0, 0.1) is 0 Å². The van der Waals surface area contributed by atoms with Gasteiger partial charge in [-0.2, -0.15) is 0 Å². The average molecular weight is 421 g/mol. The number of carbonyl (C=O) groups is 2. The molecule has 7 nitrogen and oxygen atoms in total. The Kier molecular flexibility index (Phi) is 8.37. The van der Waals surface area contributed by atoms with Gasteiger partial charge in [-0.25, -0.2) is 13.1 Å². The van der Waals surface area contributed by atoms with E-state index < -0.39 is 10.0 Å². The second kappa shape index (κ2) is 9.75. The highest BCUT2D eigenvalue weighted by molar-refractivity contribution is 9.10. The number of carbonyl (C=O) groups excluding carboxylic acids is 2. The molecular formula is C15H21BrN2O5S. The monoisotopic (exact) mass is 420 g/mol.